The van der Waals surface area contributed by atoms with Gasteiger partial charge in [-0.2, -0.15) is 0 Å². The van der Waals surface area contributed by atoms with Gasteiger partial charge in [-0.25, -0.2) is 0 Å². The monoisotopic (exact) mass is 279 g/mol. The van der Waals surface area contributed by atoms with Crippen molar-refractivity contribution in [1.82, 2.24) is 0 Å². The summed E-state index contributed by atoms with van der Waals surface area (Å²) in [6.45, 7) is 2.43. The Hall–Kier alpha value is -2.55. The average molecular weight is 279 g/mol. The van der Waals surface area contributed by atoms with Crippen LogP contribution in [0.3, 0.4) is 0 Å². The highest BCUT2D eigenvalue weighted by Gasteiger charge is 2.09. The van der Waals surface area contributed by atoms with Gasteiger partial charge in [0.25, 0.3) is 0 Å². The molecule has 0 atom stereocenters. The van der Waals surface area contributed by atoms with Gasteiger partial charge in [-0.3, -0.25) is 4.79 Å². The van der Waals surface area contributed by atoms with Crippen LogP contribution < -0.4 is 5.32 Å². The van der Waals surface area contributed by atoms with E-state index in [1.54, 1.807) is 6.07 Å². The van der Waals surface area contributed by atoms with Crippen LogP contribution in [0.5, 0.6) is 0 Å². The van der Waals surface area contributed by atoms with E-state index in [0.29, 0.717) is 18.7 Å². The molecular formula is C18H17NO2. The van der Waals surface area contributed by atoms with E-state index < -0.39 is 0 Å². The van der Waals surface area contributed by atoms with Crippen molar-refractivity contribution in [2.75, 3.05) is 11.9 Å². The molecule has 3 heteroatoms. The lowest BCUT2D eigenvalue weighted by molar-refractivity contribution is 0.0958. The maximum absolute atomic E-state index is 11.9. The highest BCUT2D eigenvalue weighted by atomic mass is 16.3. The summed E-state index contributed by atoms with van der Waals surface area (Å²) in [5.41, 5.74) is 1.03. The summed E-state index contributed by atoms with van der Waals surface area (Å²) in [4.78, 5) is 11.9. The van der Waals surface area contributed by atoms with Crippen molar-refractivity contribution in [3.8, 4) is 0 Å². The summed E-state index contributed by atoms with van der Waals surface area (Å²) in [6.07, 6.45) is 0.416. The molecule has 0 amide bonds. The number of nitrogens with one attached hydrogen (secondary N) is 1. The Morgan fingerprint density at radius 2 is 1.86 bits per heavy atom. The van der Waals surface area contributed by atoms with Crippen LogP contribution in [0.25, 0.3) is 10.8 Å². The molecule has 0 aliphatic heterocycles. The number of anilines is 1. The van der Waals surface area contributed by atoms with Gasteiger partial charge in [-0.15, -0.1) is 0 Å². The first-order chi connectivity index (χ1) is 10.2. The molecule has 0 fully saturated rings. The first kappa shape index (κ1) is 13.4. The molecule has 0 aliphatic rings. The van der Waals surface area contributed by atoms with Crippen LogP contribution in [0, 0.1) is 6.92 Å². The van der Waals surface area contributed by atoms with Gasteiger partial charge in [0.1, 0.15) is 5.76 Å². The molecule has 21 heavy (non-hydrogen) atoms. The Morgan fingerprint density at radius 1 is 1.05 bits per heavy atom. The number of ketones is 1. The molecule has 106 valence electrons. The number of carbonyl (C=O) groups excluding carboxylic acids is 1. The minimum atomic E-state index is 0.0244. The highest BCUT2D eigenvalue weighted by molar-refractivity contribution is 5.93. The molecule has 0 saturated carbocycles. The van der Waals surface area contributed by atoms with Gasteiger partial charge in [0.15, 0.2) is 11.5 Å². The van der Waals surface area contributed by atoms with Crippen molar-refractivity contribution in [3.05, 3.63) is 66.1 Å². The first-order valence-corrected chi connectivity index (χ1v) is 7.05. The topological polar surface area (TPSA) is 42.2 Å². The van der Waals surface area contributed by atoms with E-state index in [2.05, 4.69) is 29.6 Å². The van der Waals surface area contributed by atoms with Crippen molar-refractivity contribution >= 4 is 22.2 Å². The number of benzene rings is 2. The molecule has 0 saturated heterocycles. The maximum Gasteiger partial charge on any atom is 0.199 e. The molecule has 1 aromatic heterocycles. The van der Waals surface area contributed by atoms with Crippen molar-refractivity contribution in [3.63, 3.8) is 0 Å². The average Bonchev–Trinajstić information content (AvgIpc) is 2.94. The number of hydrogen-bond acceptors (Lipinski definition) is 3. The number of hydrogen-bond donors (Lipinski definition) is 1. The van der Waals surface area contributed by atoms with E-state index in [9.17, 15) is 4.79 Å². The second-order valence-corrected chi connectivity index (χ2v) is 5.07. The second kappa shape index (κ2) is 5.83. The molecule has 0 bridgehead atoms. The molecular weight excluding hydrogens is 262 g/mol. The largest absolute Gasteiger partial charge is 0.458 e. The third-order valence-electron chi connectivity index (χ3n) is 3.45. The van der Waals surface area contributed by atoms with E-state index >= 15 is 0 Å². The molecule has 1 N–H and O–H groups in total. The molecule has 0 aliphatic carbocycles. The molecule has 3 nitrogen and oxygen atoms in total. The predicted molar refractivity (Wildman–Crippen MR) is 84.8 cm³/mol. The quantitative estimate of drug-likeness (QED) is 0.703. The van der Waals surface area contributed by atoms with Crippen LogP contribution in [0.4, 0.5) is 5.69 Å². The third-order valence-corrected chi connectivity index (χ3v) is 3.45. The fourth-order valence-corrected chi connectivity index (χ4v) is 2.33. The summed E-state index contributed by atoms with van der Waals surface area (Å²) < 4.78 is 5.33. The molecule has 0 spiro atoms. The lowest BCUT2D eigenvalue weighted by Gasteiger charge is -2.06. The standard InChI is InChI=1S/C18H17NO2/c1-13-6-9-18(21-13)17(20)10-11-19-16-8-7-14-4-2-3-5-15(14)12-16/h2-9,12,19H,10-11H2,1H3. The molecule has 1 heterocycles. The van der Waals surface area contributed by atoms with Crippen LogP contribution in [0.2, 0.25) is 0 Å². The number of carbonyl (C=O) groups is 1. The summed E-state index contributed by atoms with van der Waals surface area (Å²) in [5, 5.41) is 5.69. The van der Waals surface area contributed by atoms with Crippen molar-refractivity contribution in [2.24, 2.45) is 0 Å². The fraction of sp³-hybridized carbons (Fsp3) is 0.167. The zero-order valence-electron chi connectivity index (χ0n) is 11.9. The number of Topliss-reactive ketones (excluding diaryl/α,β-unsaturated/α-hetero) is 1. The van der Waals surface area contributed by atoms with Gasteiger partial charge in [0.2, 0.25) is 0 Å². The van der Waals surface area contributed by atoms with Crippen molar-refractivity contribution in [1.29, 1.82) is 0 Å². The smallest absolute Gasteiger partial charge is 0.199 e. The third kappa shape index (κ3) is 3.14. The molecule has 0 unspecified atom stereocenters. The summed E-state index contributed by atoms with van der Waals surface area (Å²) >= 11 is 0. The van der Waals surface area contributed by atoms with E-state index in [1.165, 1.54) is 10.8 Å². The Kier molecular flexibility index (Phi) is 3.73. The van der Waals surface area contributed by atoms with Crippen LogP contribution in [0.1, 0.15) is 22.7 Å². The first-order valence-electron chi connectivity index (χ1n) is 7.05. The number of furan rings is 1. The van der Waals surface area contributed by atoms with E-state index in [0.717, 1.165) is 11.4 Å². The van der Waals surface area contributed by atoms with Crippen LogP contribution in [-0.2, 0) is 0 Å². The van der Waals surface area contributed by atoms with Crippen molar-refractivity contribution < 1.29 is 9.21 Å². The lowest BCUT2D eigenvalue weighted by Crippen LogP contribution is -2.08. The van der Waals surface area contributed by atoms with Gasteiger partial charge < -0.3 is 9.73 Å². The summed E-state index contributed by atoms with van der Waals surface area (Å²) in [5.74, 6) is 1.23. The van der Waals surface area contributed by atoms with Gasteiger partial charge in [-0.05, 0) is 42.0 Å². The second-order valence-electron chi connectivity index (χ2n) is 5.07. The summed E-state index contributed by atoms with van der Waals surface area (Å²) in [6, 6.07) is 18.0. The van der Waals surface area contributed by atoms with E-state index in [-0.39, 0.29) is 5.78 Å². The molecule has 3 aromatic rings. The predicted octanol–water partition coefficient (Wildman–Crippen LogP) is 4.43. The van der Waals surface area contributed by atoms with Gasteiger partial charge >= 0.3 is 0 Å². The Labute approximate surface area is 123 Å². The zero-order valence-corrected chi connectivity index (χ0v) is 11.9. The van der Waals surface area contributed by atoms with E-state index in [1.807, 2.05) is 31.2 Å². The highest BCUT2D eigenvalue weighted by Crippen LogP contribution is 2.19. The molecule has 2 aromatic carbocycles. The van der Waals surface area contributed by atoms with Gasteiger partial charge in [0.05, 0.1) is 0 Å². The number of fused-ring (bicyclic) bond motifs is 1. The van der Waals surface area contributed by atoms with Crippen molar-refractivity contribution in [2.45, 2.75) is 13.3 Å². The van der Waals surface area contributed by atoms with Gasteiger partial charge in [0, 0.05) is 18.7 Å². The summed E-state index contributed by atoms with van der Waals surface area (Å²) in [7, 11) is 0. The molecule has 3 rings (SSSR count). The Morgan fingerprint density at radius 3 is 2.62 bits per heavy atom. The van der Waals surface area contributed by atoms with Crippen LogP contribution in [-0.4, -0.2) is 12.3 Å². The van der Waals surface area contributed by atoms with Gasteiger partial charge in [-0.1, -0.05) is 30.3 Å². The minimum Gasteiger partial charge on any atom is -0.458 e. The normalized spacial score (nSPS) is 10.7. The Balaban J connectivity index is 1.60. The van der Waals surface area contributed by atoms with E-state index in [4.69, 9.17) is 4.42 Å². The maximum atomic E-state index is 11.9. The number of aryl methyl sites for hydroxylation is 1. The lowest BCUT2D eigenvalue weighted by atomic mass is 10.1. The minimum absolute atomic E-state index is 0.0244. The fourth-order valence-electron chi connectivity index (χ4n) is 2.33. The molecule has 0 radical (unpaired) electrons. The van der Waals surface area contributed by atoms with Crippen LogP contribution >= 0.6 is 0 Å². The SMILES string of the molecule is Cc1ccc(C(=O)CCNc2ccc3ccccc3c2)o1. The number of rotatable bonds is 5. The Bertz CT molecular complexity index is 773. The van der Waals surface area contributed by atoms with Crippen LogP contribution in [0.15, 0.2) is 59.0 Å². The zero-order chi connectivity index (χ0) is 14.7.